The molecule has 4 nitrogen and oxygen atoms in total. The molecule has 0 fully saturated rings. The standard InChI is InChI=1S/C14H22N2O2S/c1-2-12-6-3-4-7-13(12)16-14(18)15-8-11-19-10-5-9-17/h3-4,6-7,17H,2,5,8-11H2,1H3,(H2,15,16,18). The Morgan fingerprint density at radius 3 is 2.84 bits per heavy atom. The molecule has 0 spiro atoms. The number of benzene rings is 1. The van der Waals surface area contributed by atoms with Crippen LogP contribution in [0.25, 0.3) is 0 Å². The van der Waals surface area contributed by atoms with Crippen LogP contribution in [0.5, 0.6) is 0 Å². The zero-order valence-corrected chi connectivity index (χ0v) is 12.1. The molecule has 1 aromatic rings. The normalized spacial score (nSPS) is 10.2. The van der Waals surface area contributed by atoms with E-state index in [2.05, 4.69) is 17.6 Å². The maximum Gasteiger partial charge on any atom is 0.319 e. The lowest BCUT2D eigenvalue weighted by atomic mass is 10.1. The Labute approximate surface area is 119 Å². The fraction of sp³-hybridized carbons (Fsp3) is 0.500. The van der Waals surface area contributed by atoms with Crippen LogP contribution in [0.15, 0.2) is 24.3 Å². The number of aryl methyl sites for hydroxylation is 1. The van der Waals surface area contributed by atoms with Crippen molar-refractivity contribution >= 4 is 23.5 Å². The lowest BCUT2D eigenvalue weighted by molar-refractivity contribution is 0.252. The lowest BCUT2D eigenvalue weighted by Gasteiger charge is -2.10. The number of aliphatic hydroxyl groups excluding tert-OH is 1. The molecule has 0 aliphatic heterocycles. The van der Waals surface area contributed by atoms with E-state index in [1.807, 2.05) is 24.3 Å². The molecule has 1 rings (SSSR count). The van der Waals surface area contributed by atoms with E-state index in [0.717, 1.165) is 35.6 Å². The number of thioether (sulfide) groups is 1. The van der Waals surface area contributed by atoms with Gasteiger partial charge in [0.1, 0.15) is 0 Å². The molecule has 5 heteroatoms. The number of amides is 2. The van der Waals surface area contributed by atoms with Gasteiger partial charge in [0.25, 0.3) is 0 Å². The van der Waals surface area contributed by atoms with E-state index in [1.165, 1.54) is 0 Å². The van der Waals surface area contributed by atoms with Crippen LogP contribution in [0.1, 0.15) is 18.9 Å². The van der Waals surface area contributed by atoms with Crippen molar-refractivity contribution in [2.24, 2.45) is 0 Å². The highest BCUT2D eigenvalue weighted by Crippen LogP contribution is 2.14. The first-order valence-electron chi connectivity index (χ1n) is 6.59. The SMILES string of the molecule is CCc1ccccc1NC(=O)NCCSCCCO. The van der Waals surface area contributed by atoms with Crippen molar-refractivity contribution in [2.75, 3.05) is 30.0 Å². The van der Waals surface area contributed by atoms with E-state index in [0.29, 0.717) is 6.54 Å². The summed E-state index contributed by atoms with van der Waals surface area (Å²) in [6.07, 6.45) is 1.70. The number of hydrogen-bond acceptors (Lipinski definition) is 3. The van der Waals surface area contributed by atoms with E-state index in [9.17, 15) is 4.79 Å². The summed E-state index contributed by atoms with van der Waals surface area (Å²) in [5.74, 6) is 1.79. The van der Waals surface area contributed by atoms with Crippen LogP contribution in [0.3, 0.4) is 0 Å². The van der Waals surface area contributed by atoms with Gasteiger partial charge >= 0.3 is 6.03 Å². The average molecular weight is 282 g/mol. The van der Waals surface area contributed by atoms with Gasteiger partial charge in [-0.05, 0) is 30.2 Å². The second kappa shape index (κ2) is 9.69. The molecule has 0 aliphatic rings. The third-order valence-corrected chi connectivity index (χ3v) is 3.70. The second-order valence-electron chi connectivity index (χ2n) is 4.08. The predicted octanol–water partition coefficient (Wildman–Crippen LogP) is 2.49. The molecule has 1 aromatic carbocycles. The van der Waals surface area contributed by atoms with E-state index >= 15 is 0 Å². The number of carbonyl (C=O) groups excluding carboxylic acids is 1. The van der Waals surface area contributed by atoms with Crippen LogP contribution < -0.4 is 10.6 Å². The minimum atomic E-state index is -0.163. The third kappa shape index (κ3) is 6.50. The Kier molecular flexibility index (Phi) is 8.09. The summed E-state index contributed by atoms with van der Waals surface area (Å²) >= 11 is 1.73. The molecule has 0 heterocycles. The van der Waals surface area contributed by atoms with Gasteiger partial charge in [-0.15, -0.1) is 0 Å². The number of hydrogen-bond donors (Lipinski definition) is 3. The quantitative estimate of drug-likeness (QED) is 0.642. The number of nitrogens with one attached hydrogen (secondary N) is 2. The van der Waals surface area contributed by atoms with Crippen molar-refractivity contribution in [3.8, 4) is 0 Å². The van der Waals surface area contributed by atoms with Crippen LogP contribution in [0, 0.1) is 0 Å². The average Bonchev–Trinajstić information content (AvgIpc) is 2.43. The number of anilines is 1. The lowest BCUT2D eigenvalue weighted by Crippen LogP contribution is -2.30. The van der Waals surface area contributed by atoms with Crippen LogP contribution in [-0.2, 0) is 6.42 Å². The van der Waals surface area contributed by atoms with Gasteiger partial charge in [-0.1, -0.05) is 25.1 Å². The zero-order chi connectivity index (χ0) is 13.9. The Bertz CT molecular complexity index is 385. The highest BCUT2D eigenvalue weighted by Gasteiger charge is 2.04. The molecule has 106 valence electrons. The van der Waals surface area contributed by atoms with Crippen LogP contribution in [0.2, 0.25) is 0 Å². The first-order chi connectivity index (χ1) is 9.27. The summed E-state index contributed by atoms with van der Waals surface area (Å²) in [7, 11) is 0. The number of urea groups is 1. The minimum absolute atomic E-state index is 0.163. The molecule has 0 aromatic heterocycles. The smallest absolute Gasteiger partial charge is 0.319 e. The molecule has 0 aliphatic carbocycles. The molecule has 2 amide bonds. The Balaban J connectivity index is 2.23. The highest BCUT2D eigenvalue weighted by molar-refractivity contribution is 7.99. The van der Waals surface area contributed by atoms with Crippen molar-refractivity contribution in [2.45, 2.75) is 19.8 Å². The van der Waals surface area contributed by atoms with E-state index < -0.39 is 0 Å². The van der Waals surface area contributed by atoms with Gasteiger partial charge in [-0.3, -0.25) is 0 Å². The van der Waals surface area contributed by atoms with Gasteiger partial charge in [0.15, 0.2) is 0 Å². The van der Waals surface area contributed by atoms with E-state index in [4.69, 9.17) is 5.11 Å². The Morgan fingerprint density at radius 2 is 2.11 bits per heavy atom. The van der Waals surface area contributed by atoms with Crippen molar-refractivity contribution in [3.05, 3.63) is 29.8 Å². The van der Waals surface area contributed by atoms with Crippen molar-refractivity contribution in [3.63, 3.8) is 0 Å². The van der Waals surface area contributed by atoms with Gasteiger partial charge in [-0.25, -0.2) is 4.79 Å². The summed E-state index contributed by atoms with van der Waals surface area (Å²) in [5.41, 5.74) is 2.01. The maximum atomic E-state index is 11.7. The van der Waals surface area contributed by atoms with Gasteiger partial charge in [0, 0.05) is 24.6 Å². The molecule has 0 saturated heterocycles. The Morgan fingerprint density at radius 1 is 1.32 bits per heavy atom. The van der Waals surface area contributed by atoms with Gasteiger partial charge in [0.2, 0.25) is 0 Å². The molecular weight excluding hydrogens is 260 g/mol. The summed E-state index contributed by atoms with van der Waals surface area (Å²) in [4.78, 5) is 11.7. The summed E-state index contributed by atoms with van der Waals surface area (Å²) < 4.78 is 0. The highest BCUT2D eigenvalue weighted by atomic mass is 32.2. The molecule has 0 saturated carbocycles. The summed E-state index contributed by atoms with van der Waals surface area (Å²) in [6.45, 7) is 2.93. The predicted molar refractivity (Wildman–Crippen MR) is 81.9 cm³/mol. The molecular formula is C14H22N2O2S. The number of carbonyl (C=O) groups is 1. The van der Waals surface area contributed by atoms with E-state index in [-0.39, 0.29) is 12.6 Å². The van der Waals surface area contributed by atoms with Gasteiger partial charge < -0.3 is 15.7 Å². The fourth-order valence-electron chi connectivity index (χ4n) is 1.62. The first-order valence-corrected chi connectivity index (χ1v) is 7.74. The minimum Gasteiger partial charge on any atom is -0.396 e. The van der Waals surface area contributed by atoms with Gasteiger partial charge in [0.05, 0.1) is 0 Å². The zero-order valence-electron chi connectivity index (χ0n) is 11.3. The van der Waals surface area contributed by atoms with Gasteiger partial charge in [-0.2, -0.15) is 11.8 Å². The second-order valence-corrected chi connectivity index (χ2v) is 5.31. The van der Waals surface area contributed by atoms with E-state index in [1.54, 1.807) is 11.8 Å². The third-order valence-electron chi connectivity index (χ3n) is 2.63. The topological polar surface area (TPSA) is 61.4 Å². The largest absolute Gasteiger partial charge is 0.396 e. The molecule has 0 radical (unpaired) electrons. The van der Waals surface area contributed by atoms with Crippen LogP contribution >= 0.6 is 11.8 Å². The molecule has 3 N–H and O–H groups in total. The van der Waals surface area contributed by atoms with Crippen LogP contribution in [0.4, 0.5) is 10.5 Å². The fourth-order valence-corrected chi connectivity index (χ4v) is 2.41. The maximum absolute atomic E-state index is 11.7. The van der Waals surface area contributed by atoms with Crippen molar-refractivity contribution in [1.82, 2.24) is 5.32 Å². The molecule has 0 bridgehead atoms. The molecule has 0 atom stereocenters. The number of aliphatic hydroxyl groups is 1. The Hall–Kier alpha value is -1.20. The summed E-state index contributed by atoms with van der Waals surface area (Å²) in [6, 6.07) is 7.65. The summed E-state index contributed by atoms with van der Waals surface area (Å²) in [5, 5.41) is 14.3. The molecule has 19 heavy (non-hydrogen) atoms. The monoisotopic (exact) mass is 282 g/mol. The number of para-hydroxylation sites is 1. The van der Waals surface area contributed by atoms with Crippen molar-refractivity contribution < 1.29 is 9.90 Å². The number of rotatable bonds is 8. The first kappa shape index (κ1) is 15.9. The molecule has 0 unspecified atom stereocenters. The van der Waals surface area contributed by atoms with Crippen LogP contribution in [-0.4, -0.2) is 35.8 Å². The van der Waals surface area contributed by atoms with Crippen molar-refractivity contribution in [1.29, 1.82) is 0 Å².